The summed E-state index contributed by atoms with van der Waals surface area (Å²) in [5, 5.41) is 25.9. The van der Waals surface area contributed by atoms with Crippen LogP contribution in [0, 0.1) is 28.1 Å². The van der Waals surface area contributed by atoms with Gasteiger partial charge >= 0.3 is 0 Å². The number of alkyl halides is 2. The van der Waals surface area contributed by atoms with Gasteiger partial charge < -0.3 is 64.0 Å². The van der Waals surface area contributed by atoms with E-state index < -0.39 is 5.92 Å². The normalized spacial score (nSPS) is 22.3. The van der Waals surface area contributed by atoms with Crippen LogP contribution in [0.15, 0.2) is 42.2 Å². The van der Waals surface area contributed by atoms with E-state index in [9.17, 15) is 23.8 Å². The van der Waals surface area contributed by atoms with E-state index in [0.29, 0.717) is 147 Å². The molecule has 1 aromatic carbocycles. The molecule has 1 spiro atoms. The van der Waals surface area contributed by atoms with Gasteiger partial charge in [0.2, 0.25) is 11.8 Å². The van der Waals surface area contributed by atoms with Crippen molar-refractivity contribution in [1.82, 2.24) is 20.0 Å². The molecule has 3 heterocycles. The molecule has 18 nitrogen and oxygen atoms in total. The first-order chi connectivity index (χ1) is 37.0. The van der Waals surface area contributed by atoms with Crippen molar-refractivity contribution in [1.29, 1.82) is 10.8 Å². The van der Waals surface area contributed by atoms with Crippen LogP contribution in [0.1, 0.15) is 108 Å². The number of hydrogen-bond acceptors (Lipinski definition) is 15. The molecule has 2 aliphatic carbocycles. The van der Waals surface area contributed by atoms with E-state index in [2.05, 4.69) is 25.3 Å². The number of amidine groups is 2. The molecule has 5 fully saturated rings. The van der Waals surface area contributed by atoms with Gasteiger partial charge in [-0.2, -0.15) is 6.20 Å². The van der Waals surface area contributed by atoms with E-state index in [1.54, 1.807) is 6.20 Å². The van der Waals surface area contributed by atoms with Gasteiger partial charge in [-0.25, -0.2) is 8.78 Å². The maximum absolute atomic E-state index is 13.9. The summed E-state index contributed by atoms with van der Waals surface area (Å²) in [6.07, 6.45) is 11.8. The lowest BCUT2D eigenvalue weighted by atomic mass is 9.65. The summed E-state index contributed by atoms with van der Waals surface area (Å²) in [5.41, 5.74) is 7.86. The van der Waals surface area contributed by atoms with Gasteiger partial charge in [0.25, 0.3) is 0 Å². The minimum atomic E-state index is -2.67. The Balaban J connectivity index is 0.740. The topological polar surface area (TPSA) is 218 Å². The summed E-state index contributed by atoms with van der Waals surface area (Å²) < 4.78 is 72.0. The van der Waals surface area contributed by atoms with Crippen LogP contribution in [-0.4, -0.2) is 201 Å². The molecule has 76 heavy (non-hydrogen) atoms. The summed E-state index contributed by atoms with van der Waals surface area (Å²) in [5.74, 6) is -1.88. The molecule has 2 bridgehead atoms. The zero-order chi connectivity index (χ0) is 53.9. The Morgan fingerprint density at radius 3 is 1.83 bits per heavy atom. The van der Waals surface area contributed by atoms with Crippen molar-refractivity contribution in [3.8, 4) is 0 Å². The number of hydrogen-bond donors (Lipinski definition) is 4. The van der Waals surface area contributed by atoms with Crippen molar-refractivity contribution in [3.63, 3.8) is 0 Å². The molecule has 5 N–H and O–H groups in total. The van der Waals surface area contributed by atoms with Gasteiger partial charge in [-0.15, -0.1) is 6.54 Å². The number of piperidine rings is 1. The van der Waals surface area contributed by atoms with E-state index in [0.717, 1.165) is 95.8 Å². The molecular formula is C56H91F2N8O10-. The smallest absolute Gasteiger partial charge is 0.248 e. The number of rotatable bonds is 38. The summed E-state index contributed by atoms with van der Waals surface area (Å²) in [6, 6.07) is 10.7. The van der Waals surface area contributed by atoms with Crippen LogP contribution in [0.3, 0.4) is 0 Å². The Morgan fingerprint density at radius 1 is 0.737 bits per heavy atom. The average Bonchev–Trinajstić information content (AvgIpc) is 3.65. The number of carbonyl (C=O) groups is 2. The molecule has 3 saturated heterocycles. The third kappa shape index (κ3) is 21.2. The third-order valence-corrected chi connectivity index (χ3v) is 15.7. The number of halogens is 2. The predicted molar refractivity (Wildman–Crippen MR) is 287 cm³/mol. The Kier molecular flexibility index (Phi) is 27.3. The van der Waals surface area contributed by atoms with E-state index in [1.165, 1.54) is 0 Å². The second-order valence-electron chi connectivity index (χ2n) is 21.4. The van der Waals surface area contributed by atoms with E-state index in [-0.39, 0.29) is 62.1 Å². The summed E-state index contributed by atoms with van der Waals surface area (Å²) >= 11 is 0. The molecule has 3 aliphatic heterocycles. The van der Waals surface area contributed by atoms with Crippen LogP contribution < -0.4 is 11.1 Å². The Morgan fingerprint density at radius 2 is 1.26 bits per heavy atom. The first-order valence-electron chi connectivity index (χ1n) is 28.3. The van der Waals surface area contributed by atoms with Crippen molar-refractivity contribution < 1.29 is 56.3 Å². The van der Waals surface area contributed by atoms with Gasteiger partial charge in [0.15, 0.2) is 0 Å². The van der Waals surface area contributed by atoms with Gasteiger partial charge in [0.1, 0.15) is 12.1 Å². The molecular weight excluding hydrogens is 983 g/mol. The van der Waals surface area contributed by atoms with Crippen molar-refractivity contribution in [2.75, 3.05) is 138 Å². The van der Waals surface area contributed by atoms with Crippen LogP contribution in [-0.2, 0) is 47.5 Å². The number of nitrogens with one attached hydrogen (secondary N) is 3. The lowest BCUT2D eigenvalue weighted by Crippen LogP contribution is -2.59. The number of nitrogens with two attached hydrogens (primary N) is 1. The Bertz CT molecular complexity index is 1850. The van der Waals surface area contributed by atoms with Crippen LogP contribution in [0.4, 0.5) is 8.78 Å². The highest BCUT2D eigenvalue weighted by molar-refractivity contribution is 5.98. The van der Waals surface area contributed by atoms with Crippen molar-refractivity contribution in [2.24, 2.45) is 23.0 Å². The quantitative estimate of drug-likeness (QED) is 0.0234. The Hall–Kier alpha value is -3.70. The number of aldehydes is 1. The van der Waals surface area contributed by atoms with E-state index in [4.69, 9.17) is 49.0 Å². The highest BCUT2D eigenvalue weighted by Gasteiger charge is 2.48. The van der Waals surface area contributed by atoms with Crippen LogP contribution in [0.2, 0.25) is 0 Å². The molecule has 3 atom stereocenters. The minimum Gasteiger partial charge on any atom is -0.687 e. The van der Waals surface area contributed by atoms with Crippen molar-refractivity contribution >= 4 is 23.9 Å². The second-order valence-corrected chi connectivity index (χ2v) is 21.4. The number of ether oxygens (including phenoxy) is 8. The fourth-order valence-electron chi connectivity index (χ4n) is 11.7. The molecule has 0 radical (unpaired) electrons. The molecule has 1 amide bonds. The number of fused-ring (bicyclic) bond motifs is 2. The van der Waals surface area contributed by atoms with E-state index >= 15 is 0 Å². The first kappa shape index (κ1) is 61.5. The number of likely N-dealkylation sites (tertiary alicyclic amines) is 1. The van der Waals surface area contributed by atoms with Crippen LogP contribution >= 0.6 is 0 Å². The first-order valence-corrected chi connectivity index (χ1v) is 28.3. The van der Waals surface area contributed by atoms with Crippen molar-refractivity contribution in [3.05, 3.63) is 53.1 Å². The predicted octanol–water partition coefficient (Wildman–Crippen LogP) is 6.72. The lowest BCUT2D eigenvalue weighted by molar-refractivity contribution is -0.130. The SMILES string of the molecule is CC(=N)N(C(=N)C1CCC2(CC1)CN(CCOCCOCCOCCOC/C(N)=C/[N-]CCOCCOCCOCCOCCC=O)C2)C1CC2CCC(C1)N2CC[C@H](NC(=O)C1CCC(F)(F)CC1)c1ccccc1. The number of amides is 1. The minimum absolute atomic E-state index is 0.112. The Labute approximate surface area is 451 Å². The highest BCUT2D eigenvalue weighted by Crippen LogP contribution is 2.47. The molecule has 0 aromatic heterocycles. The van der Waals surface area contributed by atoms with Crippen molar-refractivity contribution in [2.45, 2.75) is 127 Å². The second kappa shape index (κ2) is 33.7. The van der Waals surface area contributed by atoms with Gasteiger partial charge in [-0.1, -0.05) is 30.3 Å². The standard InChI is InChI=1S/C56H91F2N8O10/c1-44(59)66(51-38-49-8-9-50(39-51)65(49)20-14-52(45-6-3-2-4-7-45)63-54(68)47-12-17-56(57,58)18-13-47)53(61)46-10-15-55(16-11-46)42-64(43-55)21-25-71-28-31-74-34-35-75-36-37-76-41-48(60)40-62-19-24-70-27-30-73-33-32-72-29-26-69-23-5-22-67/h2-4,6-7,22,40,46-47,49-52,59,61H,5,8-21,23-39,41-43,60H2,1H3,(H,63,68)/q-1/b48-40-,59-44?,61-53?/t49?,50?,51?,52-/m0/s1. The summed E-state index contributed by atoms with van der Waals surface area (Å²) in [7, 11) is 0. The lowest BCUT2D eigenvalue weighted by Gasteiger charge is -2.54. The van der Waals surface area contributed by atoms with Crippen LogP contribution in [0.5, 0.6) is 0 Å². The molecule has 2 unspecified atom stereocenters. The molecule has 430 valence electrons. The zero-order valence-electron chi connectivity index (χ0n) is 45.5. The number of nitrogens with zero attached hydrogens (tertiary/aromatic N) is 4. The number of carbonyl (C=O) groups excluding carboxylic acids is 2. The molecule has 20 heteroatoms. The maximum atomic E-state index is 13.9. The molecule has 5 aliphatic rings. The highest BCUT2D eigenvalue weighted by atomic mass is 19.3. The van der Waals surface area contributed by atoms with E-state index in [1.807, 2.05) is 37.3 Å². The summed E-state index contributed by atoms with van der Waals surface area (Å²) in [6.45, 7) is 13.7. The monoisotopic (exact) mass is 1070 g/mol. The molecule has 6 rings (SSSR count). The van der Waals surface area contributed by atoms with Crippen LogP contribution in [0.25, 0.3) is 5.32 Å². The fourth-order valence-corrected chi connectivity index (χ4v) is 11.7. The average molecular weight is 1070 g/mol. The van der Waals surface area contributed by atoms with Gasteiger partial charge in [0.05, 0.1) is 111 Å². The largest absolute Gasteiger partial charge is 0.687 e. The zero-order valence-corrected chi connectivity index (χ0v) is 45.5. The van der Waals surface area contributed by atoms with Gasteiger partial charge in [0, 0.05) is 87.7 Å². The van der Waals surface area contributed by atoms with Gasteiger partial charge in [-0.05, 0) is 88.5 Å². The summed E-state index contributed by atoms with van der Waals surface area (Å²) in [4.78, 5) is 30.7. The van der Waals surface area contributed by atoms with Gasteiger partial charge in [-0.3, -0.25) is 25.4 Å². The molecule has 2 saturated carbocycles. The maximum Gasteiger partial charge on any atom is 0.248 e. The fraction of sp³-hybridized carbons (Fsp3) is 0.786. The molecule has 1 aromatic rings. The third-order valence-electron chi connectivity index (χ3n) is 15.7. The number of benzene rings is 1.